The second kappa shape index (κ2) is 8.77. The van der Waals surface area contributed by atoms with E-state index in [1.165, 1.54) is 50.3 Å². The van der Waals surface area contributed by atoms with Gasteiger partial charge >= 0.3 is 0 Å². The first kappa shape index (κ1) is 18.3. The van der Waals surface area contributed by atoms with Gasteiger partial charge in [-0.1, -0.05) is 30.3 Å². The molecule has 0 atom stereocenters. The molecule has 0 bridgehead atoms. The summed E-state index contributed by atoms with van der Waals surface area (Å²) in [6, 6.07) is 20.1. The molecule has 144 valence electrons. The quantitative estimate of drug-likeness (QED) is 0.807. The molecule has 0 unspecified atom stereocenters. The number of likely N-dealkylation sites (tertiary alicyclic amines) is 1. The molecule has 2 saturated heterocycles. The first-order chi connectivity index (χ1) is 13.3. The van der Waals surface area contributed by atoms with Gasteiger partial charge in [0.2, 0.25) is 0 Å². The van der Waals surface area contributed by atoms with Crippen molar-refractivity contribution in [3.8, 4) is 5.75 Å². The highest BCUT2D eigenvalue weighted by Gasteiger charge is 2.27. The van der Waals surface area contributed by atoms with Gasteiger partial charge in [0.25, 0.3) is 0 Å². The van der Waals surface area contributed by atoms with Crippen molar-refractivity contribution < 1.29 is 4.74 Å². The van der Waals surface area contributed by atoms with E-state index < -0.39 is 0 Å². The molecule has 0 aliphatic carbocycles. The molecular weight excluding hydrogens is 334 g/mol. The molecule has 0 radical (unpaired) electrons. The van der Waals surface area contributed by atoms with E-state index >= 15 is 0 Å². The number of nitrogens with zero attached hydrogens (tertiary/aromatic N) is 3. The van der Waals surface area contributed by atoms with Crippen molar-refractivity contribution >= 4 is 5.69 Å². The molecule has 4 rings (SSSR count). The number of anilines is 1. The summed E-state index contributed by atoms with van der Waals surface area (Å²) in [5.41, 5.74) is 2.75. The fourth-order valence-electron chi connectivity index (χ4n) is 4.42. The average molecular weight is 366 g/mol. The molecule has 0 aromatic heterocycles. The van der Waals surface area contributed by atoms with Crippen LogP contribution in [0.1, 0.15) is 18.4 Å². The third kappa shape index (κ3) is 4.63. The topological polar surface area (TPSA) is 19.0 Å². The second-order valence-corrected chi connectivity index (χ2v) is 7.71. The molecule has 2 heterocycles. The number of benzene rings is 2. The number of methoxy groups -OCH3 is 1. The van der Waals surface area contributed by atoms with Gasteiger partial charge in [0, 0.05) is 44.5 Å². The van der Waals surface area contributed by atoms with Crippen LogP contribution < -0.4 is 9.64 Å². The molecule has 4 nitrogen and oxygen atoms in total. The van der Waals surface area contributed by atoms with Crippen LogP contribution in [0.5, 0.6) is 5.75 Å². The molecule has 2 aliphatic heterocycles. The van der Waals surface area contributed by atoms with E-state index in [4.69, 9.17) is 4.74 Å². The third-order valence-corrected chi connectivity index (χ3v) is 6.07. The van der Waals surface area contributed by atoms with Crippen LogP contribution in [0.4, 0.5) is 5.69 Å². The van der Waals surface area contributed by atoms with E-state index in [0.29, 0.717) is 0 Å². The zero-order valence-corrected chi connectivity index (χ0v) is 16.4. The average Bonchev–Trinajstić information content (AvgIpc) is 2.75. The van der Waals surface area contributed by atoms with E-state index in [-0.39, 0.29) is 0 Å². The van der Waals surface area contributed by atoms with Gasteiger partial charge in [-0.05, 0) is 55.8 Å². The SMILES string of the molecule is COc1ccc(N2CCN(C3CCN(Cc4ccccc4)CC3)CC2)cc1. The molecular formula is C23H31N3O. The normalized spacial score (nSPS) is 20.0. The molecule has 0 amide bonds. The molecule has 27 heavy (non-hydrogen) atoms. The highest BCUT2D eigenvalue weighted by Crippen LogP contribution is 2.23. The van der Waals surface area contributed by atoms with Crippen LogP contribution in [-0.2, 0) is 6.54 Å². The van der Waals surface area contributed by atoms with Gasteiger partial charge in [0.05, 0.1) is 7.11 Å². The molecule has 0 N–H and O–H groups in total. The minimum atomic E-state index is 0.759. The Labute approximate surface area is 163 Å². The van der Waals surface area contributed by atoms with Crippen molar-refractivity contribution in [3.05, 3.63) is 60.2 Å². The van der Waals surface area contributed by atoms with Crippen molar-refractivity contribution in [2.45, 2.75) is 25.4 Å². The van der Waals surface area contributed by atoms with Gasteiger partial charge in [-0.2, -0.15) is 0 Å². The zero-order valence-electron chi connectivity index (χ0n) is 16.4. The molecule has 2 fully saturated rings. The lowest BCUT2D eigenvalue weighted by atomic mass is 10.0. The first-order valence-electron chi connectivity index (χ1n) is 10.2. The summed E-state index contributed by atoms with van der Waals surface area (Å²) < 4.78 is 5.27. The van der Waals surface area contributed by atoms with Crippen LogP contribution in [0.25, 0.3) is 0 Å². The van der Waals surface area contributed by atoms with Gasteiger partial charge in [0.15, 0.2) is 0 Å². The maximum atomic E-state index is 5.27. The van der Waals surface area contributed by atoms with Crippen LogP contribution in [0.15, 0.2) is 54.6 Å². The summed E-state index contributed by atoms with van der Waals surface area (Å²) in [6.07, 6.45) is 2.60. The maximum absolute atomic E-state index is 5.27. The smallest absolute Gasteiger partial charge is 0.119 e. The van der Waals surface area contributed by atoms with Crippen LogP contribution >= 0.6 is 0 Å². The van der Waals surface area contributed by atoms with Crippen LogP contribution in [0.3, 0.4) is 0 Å². The molecule has 2 aromatic rings. The highest BCUT2D eigenvalue weighted by atomic mass is 16.5. The maximum Gasteiger partial charge on any atom is 0.119 e. The van der Waals surface area contributed by atoms with E-state index in [1.54, 1.807) is 7.11 Å². The third-order valence-electron chi connectivity index (χ3n) is 6.07. The predicted molar refractivity (Wildman–Crippen MR) is 112 cm³/mol. The Morgan fingerprint density at radius 3 is 2.11 bits per heavy atom. The minimum absolute atomic E-state index is 0.759. The second-order valence-electron chi connectivity index (χ2n) is 7.71. The minimum Gasteiger partial charge on any atom is -0.497 e. The number of piperazine rings is 1. The van der Waals surface area contributed by atoms with Gasteiger partial charge in [0.1, 0.15) is 5.75 Å². The van der Waals surface area contributed by atoms with Crippen molar-refractivity contribution in [1.82, 2.24) is 9.80 Å². The fraction of sp³-hybridized carbons (Fsp3) is 0.478. The van der Waals surface area contributed by atoms with Gasteiger partial charge in [-0.3, -0.25) is 9.80 Å². The Morgan fingerprint density at radius 2 is 1.48 bits per heavy atom. The van der Waals surface area contributed by atoms with Crippen LogP contribution in [0.2, 0.25) is 0 Å². The highest BCUT2D eigenvalue weighted by molar-refractivity contribution is 5.49. The summed E-state index contributed by atoms with van der Waals surface area (Å²) >= 11 is 0. The Morgan fingerprint density at radius 1 is 0.815 bits per heavy atom. The monoisotopic (exact) mass is 365 g/mol. The fourth-order valence-corrected chi connectivity index (χ4v) is 4.42. The van der Waals surface area contributed by atoms with Gasteiger partial charge in [-0.25, -0.2) is 0 Å². The first-order valence-corrected chi connectivity index (χ1v) is 10.2. The van der Waals surface area contributed by atoms with Gasteiger partial charge in [-0.15, -0.1) is 0 Å². The Balaban J connectivity index is 1.23. The Kier molecular flexibility index (Phi) is 5.95. The summed E-state index contributed by atoms with van der Waals surface area (Å²) in [5.74, 6) is 0.930. The van der Waals surface area contributed by atoms with Crippen molar-refractivity contribution in [1.29, 1.82) is 0 Å². The lowest BCUT2D eigenvalue weighted by Crippen LogP contribution is -2.53. The Bertz CT molecular complexity index is 687. The largest absolute Gasteiger partial charge is 0.497 e. The lowest BCUT2D eigenvalue weighted by Gasteiger charge is -2.43. The van der Waals surface area contributed by atoms with E-state index in [1.807, 2.05) is 0 Å². The number of piperidine rings is 1. The lowest BCUT2D eigenvalue weighted by molar-refractivity contribution is 0.0998. The Hall–Kier alpha value is -2.04. The molecule has 2 aliphatic rings. The summed E-state index contributed by atoms with van der Waals surface area (Å²) in [6.45, 7) is 8.13. The standard InChI is InChI=1S/C23H31N3O/c1-27-23-9-7-21(8-10-23)25-15-17-26(18-16-25)22-11-13-24(14-12-22)19-20-5-3-2-4-6-20/h2-10,22H,11-19H2,1H3. The van der Waals surface area contributed by atoms with Crippen LogP contribution in [0, 0.1) is 0 Å². The number of hydrogen-bond donors (Lipinski definition) is 0. The van der Waals surface area contributed by atoms with Crippen molar-refractivity contribution in [2.75, 3.05) is 51.3 Å². The van der Waals surface area contributed by atoms with E-state index in [9.17, 15) is 0 Å². The van der Waals surface area contributed by atoms with Crippen molar-refractivity contribution in [3.63, 3.8) is 0 Å². The van der Waals surface area contributed by atoms with Crippen molar-refractivity contribution in [2.24, 2.45) is 0 Å². The van der Waals surface area contributed by atoms with Gasteiger partial charge < -0.3 is 9.64 Å². The molecule has 0 saturated carbocycles. The summed E-state index contributed by atoms with van der Waals surface area (Å²) in [5, 5.41) is 0. The summed E-state index contributed by atoms with van der Waals surface area (Å²) in [7, 11) is 1.72. The molecule has 0 spiro atoms. The molecule has 4 heteroatoms. The van der Waals surface area contributed by atoms with E-state index in [0.717, 1.165) is 31.4 Å². The number of ether oxygens (including phenoxy) is 1. The van der Waals surface area contributed by atoms with Crippen LogP contribution in [-0.4, -0.2) is 62.2 Å². The summed E-state index contributed by atoms with van der Waals surface area (Å²) in [4.78, 5) is 7.83. The predicted octanol–water partition coefficient (Wildman–Crippen LogP) is 3.48. The number of hydrogen-bond acceptors (Lipinski definition) is 4. The molecule has 2 aromatic carbocycles. The number of rotatable bonds is 5. The van der Waals surface area contributed by atoms with E-state index in [2.05, 4.69) is 69.3 Å². The zero-order chi connectivity index (χ0) is 18.5.